The van der Waals surface area contributed by atoms with Gasteiger partial charge in [0, 0.05) is 6.42 Å². The van der Waals surface area contributed by atoms with E-state index in [1.165, 1.54) is 0 Å². The Balaban J connectivity index is 2.31. The molecule has 0 aromatic rings. The molecule has 2 rings (SSSR count). The van der Waals surface area contributed by atoms with Gasteiger partial charge in [-0.1, -0.05) is 31.4 Å². The fraction of sp³-hybridized carbons (Fsp3) is 0.684. The molecule has 0 aliphatic heterocycles. The fourth-order valence-electron chi connectivity index (χ4n) is 5.10. The number of hydrogen-bond acceptors (Lipinski definition) is 2. The predicted octanol–water partition coefficient (Wildman–Crippen LogP) is 3.72. The molecule has 2 N–H and O–H groups in total. The SMILES string of the molecule is C#C[C@]1(C(=O)O)CCC[C@@]2(C)C1CCC(=C)[C@@H]2CCCC(=O)O. The molecule has 4 atom stereocenters. The lowest BCUT2D eigenvalue weighted by atomic mass is 9.46. The smallest absolute Gasteiger partial charge is 0.322 e. The van der Waals surface area contributed by atoms with Gasteiger partial charge in [0.1, 0.15) is 5.41 Å². The molecule has 2 aliphatic carbocycles. The van der Waals surface area contributed by atoms with Crippen molar-refractivity contribution in [2.75, 3.05) is 0 Å². The van der Waals surface area contributed by atoms with Gasteiger partial charge in [0.2, 0.25) is 0 Å². The zero-order valence-corrected chi connectivity index (χ0v) is 13.8. The summed E-state index contributed by atoms with van der Waals surface area (Å²) in [6.45, 7) is 6.34. The van der Waals surface area contributed by atoms with E-state index in [1.807, 2.05) is 0 Å². The Kier molecular flexibility index (Phi) is 4.89. The van der Waals surface area contributed by atoms with Gasteiger partial charge in [0.05, 0.1) is 0 Å². The second-order valence-electron chi connectivity index (χ2n) is 7.37. The first kappa shape index (κ1) is 17.6. The van der Waals surface area contributed by atoms with Crippen LogP contribution in [-0.2, 0) is 9.59 Å². The third-order valence-corrected chi connectivity index (χ3v) is 6.24. The highest BCUT2D eigenvalue weighted by atomic mass is 16.4. The number of fused-ring (bicyclic) bond motifs is 1. The summed E-state index contributed by atoms with van der Waals surface area (Å²) < 4.78 is 0. The molecule has 0 aromatic heterocycles. The van der Waals surface area contributed by atoms with Gasteiger partial charge >= 0.3 is 11.9 Å². The first-order valence-corrected chi connectivity index (χ1v) is 8.38. The van der Waals surface area contributed by atoms with Crippen molar-refractivity contribution in [3.8, 4) is 12.3 Å². The maximum atomic E-state index is 12.0. The van der Waals surface area contributed by atoms with Crippen molar-refractivity contribution in [1.82, 2.24) is 0 Å². The van der Waals surface area contributed by atoms with Gasteiger partial charge in [-0.25, -0.2) is 0 Å². The van der Waals surface area contributed by atoms with E-state index >= 15 is 0 Å². The Labute approximate surface area is 138 Å². The van der Waals surface area contributed by atoms with E-state index < -0.39 is 17.4 Å². The van der Waals surface area contributed by atoms with Crippen LogP contribution in [0.4, 0.5) is 0 Å². The lowest BCUT2D eigenvalue weighted by Gasteiger charge is -2.56. The minimum Gasteiger partial charge on any atom is -0.481 e. The first-order valence-electron chi connectivity index (χ1n) is 8.38. The van der Waals surface area contributed by atoms with Crippen molar-refractivity contribution in [2.24, 2.45) is 22.7 Å². The van der Waals surface area contributed by atoms with Crippen LogP contribution in [-0.4, -0.2) is 22.2 Å². The number of allylic oxidation sites excluding steroid dienone is 1. The second kappa shape index (κ2) is 6.39. The number of carboxylic acids is 2. The molecule has 0 amide bonds. The van der Waals surface area contributed by atoms with Crippen LogP contribution in [0.25, 0.3) is 0 Å². The molecule has 0 saturated heterocycles. The number of aliphatic carboxylic acids is 2. The van der Waals surface area contributed by atoms with Crippen LogP contribution < -0.4 is 0 Å². The highest BCUT2D eigenvalue weighted by molar-refractivity contribution is 5.79. The summed E-state index contributed by atoms with van der Waals surface area (Å²) in [6, 6.07) is 0. The van der Waals surface area contributed by atoms with Crippen molar-refractivity contribution < 1.29 is 19.8 Å². The van der Waals surface area contributed by atoms with E-state index in [0.29, 0.717) is 12.8 Å². The van der Waals surface area contributed by atoms with Crippen molar-refractivity contribution in [2.45, 2.75) is 58.3 Å². The van der Waals surface area contributed by atoms with E-state index in [0.717, 1.165) is 37.7 Å². The van der Waals surface area contributed by atoms with Gasteiger partial charge in [-0.15, -0.1) is 6.42 Å². The largest absolute Gasteiger partial charge is 0.481 e. The quantitative estimate of drug-likeness (QED) is 0.598. The van der Waals surface area contributed by atoms with Crippen LogP contribution in [0.15, 0.2) is 12.2 Å². The zero-order chi connectivity index (χ0) is 17.3. The predicted molar refractivity (Wildman–Crippen MR) is 87.7 cm³/mol. The molecule has 0 aromatic carbocycles. The summed E-state index contributed by atoms with van der Waals surface area (Å²) >= 11 is 0. The van der Waals surface area contributed by atoms with Crippen LogP contribution in [0.3, 0.4) is 0 Å². The summed E-state index contributed by atoms with van der Waals surface area (Å²) in [5, 5.41) is 18.7. The molecule has 126 valence electrons. The Morgan fingerprint density at radius 1 is 1.39 bits per heavy atom. The molecule has 0 bridgehead atoms. The van der Waals surface area contributed by atoms with E-state index in [9.17, 15) is 14.7 Å². The summed E-state index contributed by atoms with van der Waals surface area (Å²) in [6.07, 6.45) is 11.0. The Morgan fingerprint density at radius 2 is 2.09 bits per heavy atom. The highest BCUT2D eigenvalue weighted by Crippen LogP contribution is 2.61. The summed E-state index contributed by atoms with van der Waals surface area (Å²) in [4.78, 5) is 22.8. The zero-order valence-electron chi connectivity index (χ0n) is 13.8. The van der Waals surface area contributed by atoms with E-state index in [4.69, 9.17) is 11.5 Å². The average Bonchev–Trinajstić information content (AvgIpc) is 2.48. The monoisotopic (exact) mass is 318 g/mol. The topological polar surface area (TPSA) is 74.6 Å². The van der Waals surface area contributed by atoms with Gasteiger partial charge in [-0.05, 0) is 55.8 Å². The second-order valence-corrected chi connectivity index (χ2v) is 7.37. The van der Waals surface area contributed by atoms with Gasteiger partial charge in [-0.2, -0.15) is 0 Å². The molecule has 2 fully saturated rings. The van der Waals surface area contributed by atoms with Gasteiger partial charge in [0.15, 0.2) is 0 Å². The van der Waals surface area contributed by atoms with Gasteiger partial charge in [-0.3, -0.25) is 9.59 Å². The van der Waals surface area contributed by atoms with Crippen molar-refractivity contribution >= 4 is 11.9 Å². The normalized spacial score (nSPS) is 36.8. The van der Waals surface area contributed by atoms with Crippen LogP contribution in [0, 0.1) is 35.0 Å². The summed E-state index contributed by atoms with van der Waals surface area (Å²) in [5.41, 5.74) is -0.150. The van der Waals surface area contributed by atoms with E-state index in [1.54, 1.807) is 0 Å². The molecule has 2 saturated carbocycles. The number of carboxylic acid groups (broad SMARTS) is 2. The maximum absolute atomic E-state index is 12.0. The van der Waals surface area contributed by atoms with Crippen molar-refractivity contribution in [1.29, 1.82) is 0 Å². The molecule has 2 aliphatic rings. The standard InChI is InChI=1S/C19H26O4/c1-4-19(17(22)23)12-6-11-18(3)14(7-5-8-16(20)21)13(2)9-10-15(18)19/h1,14-15H,2,5-12H2,3H3,(H,20,21)(H,22,23)/t14-,15?,18+,19-/m0/s1. The molecular weight excluding hydrogens is 292 g/mol. The molecule has 0 spiro atoms. The number of carbonyl (C=O) groups is 2. The molecule has 1 unspecified atom stereocenters. The van der Waals surface area contributed by atoms with Crippen LogP contribution >= 0.6 is 0 Å². The Bertz CT molecular complexity index is 558. The van der Waals surface area contributed by atoms with E-state index in [-0.39, 0.29) is 23.7 Å². The molecule has 0 radical (unpaired) electrons. The minimum absolute atomic E-state index is 0.0634. The number of terminal acetylenes is 1. The lowest BCUT2D eigenvalue weighted by Crippen LogP contribution is -2.54. The fourth-order valence-corrected chi connectivity index (χ4v) is 5.10. The third kappa shape index (κ3) is 2.89. The van der Waals surface area contributed by atoms with Crippen LogP contribution in [0.1, 0.15) is 58.3 Å². The van der Waals surface area contributed by atoms with Gasteiger partial charge < -0.3 is 10.2 Å². The highest BCUT2D eigenvalue weighted by Gasteiger charge is 2.58. The number of rotatable bonds is 5. The van der Waals surface area contributed by atoms with E-state index in [2.05, 4.69) is 19.4 Å². The molecule has 4 heteroatoms. The Morgan fingerprint density at radius 3 is 2.65 bits per heavy atom. The van der Waals surface area contributed by atoms with Crippen LogP contribution in [0.2, 0.25) is 0 Å². The molecule has 0 heterocycles. The summed E-state index contributed by atoms with van der Waals surface area (Å²) in [7, 11) is 0. The molecule has 23 heavy (non-hydrogen) atoms. The van der Waals surface area contributed by atoms with Gasteiger partial charge in [0.25, 0.3) is 0 Å². The van der Waals surface area contributed by atoms with Crippen molar-refractivity contribution in [3.63, 3.8) is 0 Å². The Hall–Kier alpha value is -1.76. The average molecular weight is 318 g/mol. The lowest BCUT2D eigenvalue weighted by molar-refractivity contribution is -0.158. The van der Waals surface area contributed by atoms with Crippen molar-refractivity contribution in [3.05, 3.63) is 12.2 Å². The maximum Gasteiger partial charge on any atom is 0.322 e. The minimum atomic E-state index is -1.08. The molecule has 4 nitrogen and oxygen atoms in total. The third-order valence-electron chi connectivity index (χ3n) is 6.24. The number of hydrogen-bond donors (Lipinski definition) is 2. The summed E-state index contributed by atoms with van der Waals surface area (Å²) in [5.74, 6) is 1.05. The first-order chi connectivity index (χ1) is 10.8. The van der Waals surface area contributed by atoms with Crippen LogP contribution in [0.5, 0.6) is 0 Å². The molecular formula is C19H26O4.